The van der Waals surface area contributed by atoms with E-state index in [-0.39, 0.29) is 12.5 Å². The number of anilines is 1. The Bertz CT molecular complexity index is 457. The molecule has 106 valence electrons. The lowest BCUT2D eigenvalue weighted by atomic mass is 10.2. The van der Waals surface area contributed by atoms with Crippen LogP contribution in [-0.4, -0.2) is 30.3 Å². The number of nitrogens with zero attached hydrogens (tertiary/aromatic N) is 1. The first-order valence-corrected chi connectivity index (χ1v) is 6.84. The van der Waals surface area contributed by atoms with Crippen molar-refractivity contribution in [2.24, 2.45) is 5.92 Å². The number of ether oxygens (including phenoxy) is 2. The zero-order chi connectivity index (χ0) is 14.4. The lowest BCUT2D eigenvalue weighted by molar-refractivity contribution is 0.0463. The van der Waals surface area contributed by atoms with Gasteiger partial charge in [0.15, 0.2) is 5.13 Å². The van der Waals surface area contributed by atoms with Gasteiger partial charge in [0.2, 0.25) is 0 Å². The summed E-state index contributed by atoms with van der Waals surface area (Å²) >= 11 is 1.08. The van der Waals surface area contributed by atoms with Gasteiger partial charge in [-0.15, -0.1) is 0 Å². The summed E-state index contributed by atoms with van der Waals surface area (Å²) in [4.78, 5) is 27.5. The molecule has 6 nitrogen and oxygen atoms in total. The molecule has 0 saturated carbocycles. The maximum atomic E-state index is 11.8. The third kappa shape index (κ3) is 4.86. The smallest absolute Gasteiger partial charge is 0.413 e. The van der Waals surface area contributed by atoms with E-state index in [0.717, 1.165) is 11.3 Å². The van der Waals surface area contributed by atoms with Crippen molar-refractivity contribution in [3.05, 3.63) is 10.6 Å². The van der Waals surface area contributed by atoms with Crippen LogP contribution in [0.4, 0.5) is 9.93 Å². The number of carbonyl (C=O) groups is 2. The first-order chi connectivity index (χ1) is 8.93. The molecule has 1 heterocycles. The van der Waals surface area contributed by atoms with Crippen LogP contribution in [0.25, 0.3) is 0 Å². The van der Waals surface area contributed by atoms with Gasteiger partial charge >= 0.3 is 12.1 Å². The van der Waals surface area contributed by atoms with Gasteiger partial charge < -0.3 is 9.47 Å². The molecular weight excluding hydrogens is 268 g/mol. The molecule has 0 unspecified atom stereocenters. The highest BCUT2D eigenvalue weighted by atomic mass is 32.1. The summed E-state index contributed by atoms with van der Waals surface area (Å²) < 4.78 is 9.86. The van der Waals surface area contributed by atoms with E-state index in [1.165, 1.54) is 0 Å². The second-order valence-corrected chi connectivity index (χ2v) is 5.27. The fourth-order valence-electron chi connectivity index (χ4n) is 1.20. The van der Waals surface area contributed by atoms with Crippen LogP contribution in [0.3, 0.4) is 0 Å². The Kier molecular flexibility index (Phi) is 5.75. The Morgan fingerprint density at radius 1 is 1.37 bits per heavy atom. The van der Waals surface area contributed by atoms with Crippen molar-refractivity contribution in [1.82, 2.24) is 4.98 Å². The molecule has 0 aliphatic rings. The van der Waals surface area contributed by atoms with Gasteiger partial charge in [0.25, 0.3) is 0 Å². The zero-order valence-electron chi connectivity index (χ0n) is 11.5. The lowest BCUT2D eigenvalue weighted by Crippen LogP contribution is -2.12. The summed E-state index contributed by atoms with van der Waals surface area (Å²) in [5.41, 5.74) is 0.533. The molecule has 7 heteroatoms. The summed E-state index contributed by atoms with van der Waals surface area (Å²) in [7, 11) is 0. The minimum atomic E-state index is -0.585. The Labute approximate surface area is 116 Å². The van der Waals surface area contributed by atoms with Gasteiger partial charge in [0, 0.05) is 0 Å². The number of hydrogen-bond acceptors (Lipinski definition) is 6. The van der Waals surface area contributed by atoms with E-state index in [1.54, 1.807) is 13.8 Å². The number of nitrogens with one attached hydrogen (secondary N) is 1. The van der Waals surface area contributed by atoms with Gasteiger partial charge in [-0.1, -0.05) is 25.2 Å². The van der Waals surface area contributed by atoms with Gasteiger partial charge in [-0.3, -0.25) is 5.32 Å². The molecule has 1 aromatic rings. The third-order valence-corrected chi connectivity index (χ3v) is 3.07. The Balaban J connectivity index is 2.68. The molecule has 0 fully saturated rings. The van der Waals surface area contributed by atoms with E-state index in [1.807, 2.05) is 13.8 Å². The van der Waals surface area contributed by atoms with E-state index in [2.05, 4.69) is 10.3 Å². The highest BCUT2D eigenvalue weighted by molar-refractivity contribution is 7.17. The van der Waals surface area contributed by atoms with Crippen LogP contribution in [-0.2, 0) is 9.47 Å². The summed E-state index contributed by atoms with van der Waals surface area (Å²) in [6, 6.07) is 0. The molecule has 1 rings (SSSR count). The molecule has 0 aliphatic heterocycles. The fourth-order valence-corrected chi connectivity index (χ4v) is 2.05. The molecule has 1 aromatic heterocycles. The van der Waals surface area contributed by atoms with Crippen LogP contribution < -0.4 is 5.32 Å². The molecule has 0 spiro atoms. The van der Waals surface area contributed by atoms with E-state index < -0.39 is 12.1 Å². The largest absolute Gasteiger partial charge is 0.461 e. The van der Waals surface area contributed by atoms with Crippen LogP contribution in [0.2, 0.25) is 0 Å². The Morgan fingerprint density at radius 3 is 2.63 bits per heavy atom. The van der Waals surface area contributed by atoms with Crippen LogP contribution >= 0.6 is 11.3 Å². The SMILES string of the molecule is CCOC(=O)Nc1nc(C)c(C(=O)OCC(C)C)s1. The predicted octanol–water partition coefficient (Wildman–Crippen LogP) is 2.83. The van der Waals surface area contributed by atoms with Gasteiger partial charge in [0.05, 0.1) is 18.9 Å². The summed E-state index contributed by atoms with van der Waals surface area (Å²) in [5.74, 6) is -0.144. The number of thiazole rings is 1. The molecule has 1 N–H and O–H groups in total. The van der Waals surface area contributed by atoms with Crippen molar-refractivity contribution >= 4 is 28.5 Å². The van der Waals surface area contributed by atoms with Gasteiger partial charge in [-0.2, -0.15) is 0 Å². The van der Waals surface area contributed by atoms with Crippen LogP contribution in [0, 0.1) is 12.8 Å². The molecular formula is C12H18N2O4S. The van der Waals surface area contributed by atoms with Gasteiger partial charge in [0.1, 0.15) is 4.88 Å². The van der Waals surface area contributed by atoms with Crippen LogP contribution in [0.5, 0.6) is 0 Å². The molecule has 0 radical (unpaired) electrons. The van der Waals surface area contributed by atoms with E-state index >= 15 is 0 Å². The van der Waals surface area contributed by atoms with Gasteiger partial charge in [-0.25, -0.2) is 14.6 Å². The third-order valence-electron chi connectivity index (χ3n) is 2.01. The molecule has 0 aromatic carbocycles. The molecule has 1 amide bonds. The predicted molar refractivity (Wildman–Crippen MR) is 72.6 cm³/mol. The zero-order valence-corrected chi connectivity index (χ0v) is 12.3. The first kappa shape index (κ1) is 15.4. The number of amides is 1. The highest BCUT2D eigenvalue weighted by Gasteiger charge is 2.18. The maximum Gasteiger partial charge on any atom is 0.413 e. The summed E-state index contributed by atoms with van der Waals surface area (Å²) in [5, 5.41) is 2.79. The minimum Gasteiger partial charge on any atom is -0.461 e. The van der Waals surface area contributed by atoms with E-state index in [4.69, 9.17) is 9.47 Å². The number of esters is 1. The second kappa shape index (κ2) is 7.08. The van der Waals surface area contributed by atoms with E-state index in [9.17, 15) is 9.59 Å². The normalized spacial score (nSPS) is 10.4. The second-order valence-electron chi connectivity index (χ2n) is 4.27. The summed E-state index contributed by atoms with van der Waals surface area (Å²) in [6.45, 7) is 7.96. The van der Waals surface area contributed by atoms with Crippen molar-refractivity contribution in [2.75, 3.05) is 18.5 Å². The van der Waals surface area contributed by atoms with Crippen molar-refractivity contribution < 1.29 is 19.1 Å². The number of aromatic nitrogens is 1. The van der Waals surface area contributed by atoms with E-state index in [0.29, 0.717) is 22.3 Å². The van der Waals surface area contributed by atoms with Crippen molar-refractivity contribution in [1.29, 1.82) is 0 Å². The van der Waals surface area contributed by atoms with Crippen LogP contribution in [0.1, 0.15) is 36.1 Å². The monoisotopic (exact) mass is 286 g/mol. The average Bonchev–Trinajstić information content (AvgIpc) is 2.67. The minimum absolute atomic E-state index is 0.273. The number of aryl methyl sites for hydroxylation is 1. The molecule has 0 aliphatic carbocycles. The number of rotatable bonds is 5. The molecule has 19 heavy (non-hydrogen) atoms. The maximum absolute atomic E-state index is 11.8. The highest BCUT2D eigenvalue weighted by Crippen LogP contribution is 2.23. The average molecular weight is 286 g/mol. The first-order valence-electron chi connectivity index (χ1n) is 6.02. The molecule has 0 bridgehead atoms. The quantitative estimate of drug-likeness (QED) is 0.842. The Hall–Kier alpha value is -1.63. The fraction of sp³-hybridized carbons (Fsp3) is 0.583. The van der Waals surface area contributed by atoms with Crippen molar-refractivity contribution in [3.63, 3.8) is 0 Å². The van der Waals surface area contributed by atoms with Crippen molar-refractivity contribution in [3.8, 4) is 0 Å². The molecule has 0 saturated heterocycles. The number of carbonyl (C=O) groups excluding carboxylic acids is 2. The standard InChI is InChI=1S/C12H18N2O4S/c1-5-17-12(16)14-11-13-8(4)9(19-11)10(15)18-6-7(2)3/h7H,5-6H2,1-4H3,(H,13,14,16). The topological polar surface area (TPSA) is 77.5 Å². The van der Waals surface area contributed by atoms with Crippen LogP contribution in [0.15, 0.2) is 0 Å². The Morgan fingerprint density at radius 2 is 2.05 bits per heavy atom. The van der Waals surface area contributed by atoms with Gasteiger partial charge in [-0.05, 0) is 19.8 Å². The number of hydrogen-bond donors (Lipinski definition) is 1. The van der Waals surface area contributed by atoms with Crippen molar-refractivity contribution in [2.45, 2.75) is 27.7 Å². The summed E-state index contributed by atoms with van der Waals surface area (Å²) in [6.07, 6.45) is -0.585. The molecule has 0 atom stereocenters. The lowest BCUT2D eigenvalue weighted by Gasteiger charge is -2.05.